The molecule has 0 spiro atoms. The predicted octanol–water partition coefficient (Wildman–Crippen LogP) is 3.03. The predicted molar refractivity (Wildman–Crippen MR) is 90.8 cm³/mol. The van der Waals surface area contributed by atoms with Crippen LogP contribution in [0.25, 0.3) is 11.4 Å². The van der Waals surface area contributed by atoms with E-state index in [1.165, 1.54) is 24.4 Å². The molecule has 126 valence electrons. The molecule has 3 aromatic rings. The fraction of sp³-hybridized carbons (Fsp3) is 0.111. The number of hydrogen-bond donors (Lipinski definition) is 2. The Morgan fingerprint density at radius 2 is 1.88 bits per heavy atom. The maximum atomic E-state index is 13.6. The Morgan fingerprint density at radius 3 is 2.68 bits per heavy atom. The maximum absolute atomic E-state index is 13.6. The highest BCUT2D eigenvalue weighted by molar-refractivity contribution is 5.88. The van der Waals surface area contributed by atoms with Crippen molar-refractivity contribution in [2.45, 2.75) is 6.42 Å². The number of aromatic nitrogens is 3. The van der Waals surface area contributed by atoms with Crippen LogP contribution < -0.4 is 5.32 Å². The summed E-state index contributed by atoms with van der Waals surface area (Å²) in [7, 11) is 0. The van der Waals surface area contributed by atoms with Gasteiger partial charge in [-0.15, -0.1) is 0 Å². The second-order valence-electron chi connectivity index (χ2n) is 5.27. The summed E-state index contributed by atoms with van der Waals surface area (Å²) in [6, 6.07) is 11.1. The Kier molecular flexibility index (Phi) is 4.94. The van der Waals surface area contributed by atoms with E-state index in [4.69, 9.17) is 5.11 Å². The van der Waals surface area contributed by atoms with Gasteiger partial charge >= 0.3 is 5.97 Å². The summed E-state index contributed by atoms with van der Waals surface area (Å²) in [6.07, 6.45) is 3.47. The summed E-state index contributed by atoms with van der Waals surface area (Å²) < 4.78 is 13.6. The Hall–Kier alpha value is -3.35. The lowest BCUT2D eigenvalue weighted by Gasteiger charge is -2.07. The smallest absolute Gasteiger partial charge is 0.335 e. The SMILES string of the molecule is O=C(O)c1ccnc(-c2ccnc(NCCc3ccccc3F)n2)c1. The van der Waals surface area contributed by atoms with Crippen molar-refractivity contribution in [1.29, 1.82) is 0 Å². The molecule has 0 saturated carbocycles. The molecule has 0 bridgehead atoms. The van der Waals surface area contributed by atoms with E-state index < -0.39 is 5.97 Å². The zero-order valence-electron chi connectivity index (χ0n) is 13.2. The average molecular weight is 338 g/mol. The molecule has 1 aromatic carbocycles. The Morgan fingerprint density at radius 1 is 1.08 bits per heavy atom. The van der Waals surface area contributed by atoms with Gasteiger partial charge in [-0.1, -0.05) is 18.2 Å². The molecule has 0 fully saturated rings. The first-order valence-electron chi connectivity index (χ1n) is 7.63. The van der Waals surface area contributed by atoms with Crippen LogP contribution in [0.1, 0.15) is 15.9 Å². The van der Waals surface area contributed by atoms with Crippen LogP contribution >= 0.6 is 0 Å². The van der Waals surface area contributed by atoms with Crippen LogP contribution in [-0.4, -0.2) is 32.6 Å². The largest absolute Gasteiger partial charge is 0.478 e. The zero-order chi connectivity index (χ0) is 17.6. The van der Waals surface area contributed by atoms with Gasteiger partial charge in [0.15, 0.2) is 0 Å². The molecule has 7 heteroatoms. The van der Waals surface area contributed by atoms with E-state index >= 15 is 0 Å². The zero-order valence-corrected chi connectivity index (χ0v) is 13.2. The number of rotatable bonds is 6. The highest BCUT2D eigenvalue weighted by Gasteiger charge is 2.08. The van der Waals surface area contributed by atoms with Gasteiger partial charge in [-0.3, -0.25) is 4.98 Å². The first-order chi connectivity index (χ1) is 12.1. The van der Waals surface area contributed by atoms with Crippen LogP contribution in [0.3, 0.4) is 0 Å². The topological polar surface area (TPSA) is 88.0 Å². The van der Waals surface area contributed by atoms with E-state index in [9.17, 15) is 9.18 Å². The first kappa shape index (κ1) is 16.5. The van der Waals surface area contributed by atoms with Crippen molar-refractivity contribution in [3.63, 3.8) is 0 Å². The van der Waals surface area contributed by atoms with Crippen LogP contribution in [0.4, 0.5) is 10.3 Å². The number of anilines is 1. The van der Waals surface area contributed by atoms with Crippen LogP contribution in [-0.2, 0) is 6.42 Å². The van der Waals surface area contributed by atoms with Crippen molar-refractivity contribution >= 4 is 11.9 Å². The van der Waals surface area contributed by atoms with E-state index in [1.807, 2.05) is 0 Å². The van der Waals surface area contributed by atoms with Crippen LogP contribution in [0, 0.1) is 5.82 Å². The molecule has 2 aromatic heterocycles. The number of nitrogens with one attached hydrogen (secondary N) is 1. The number of nitrogens with zero attached hydrogens (tertiary/aromatic N) is 3. The van der Waals surface area contributed by atoms with Crippen LogP contribution in [0.5, 0.6) is 0 Å². The summed E-state index contributed by atoms with van der Waals surface area (Å²) in [4.78, 5) is 23.6. The lowest BCUT2D eigenvalue weighted by molar-refractivity contribution is 0.0697. The van der Waals surface area contributed by atoms with Gasteiger partial charge in [0.05, 0.1) is 17.0 Å². The molecule has 0 unspecified atom stereocenters. The molecule has 2 heterocycles. The van der Waals surface area contributed by atoms with Crippen molar-refractivity contribution in [2.24, 2.45) is 0 Å². The monoisotopic (exact) mass is 338 g/mol. The minimum Gasteiger partial charge on any atom is -0.478 e. The van der Waals surface area contributed by atoms with Gasteiger partial charge in [0.25, 0.3) is 0 Å². The van der Waals surface area contributed by atoms with Gasteiger partial charge in [0, 0.05) is 18.9 Å². The van der Waals surface area contributed by atoms with Crippen molar-refractivity contribution in [3.05, 3.63) is 71.8 Å². The van der Waals surface area contributed by atoms with E-state index in [0.717, 1.165) is 0 Å². The molecule has 2 N–H and O–H groups in total. The molecule has 0 aliphatic heterocycles. The van der Waals surface area contributed by atoms with Gasteiger partial charge < -0.3 is 10.4 Å². The third kappa shape index (κ3) is 4.14. The average Bonchev–Trinajstić information content (AvgIpc) is 2.64. The number of halogens is 1. The molecular weight excluding hydrogens is 323 g/mol. The molecule has 0 atom stereocenters. The number of pyridine rings is 1. The number of hydrogen-bond acceptors (Lipinski definition) is 5. The van der Waals surface area contributed by atoms with Crippen molar-refractivity contribution in [1.82, 2.24) is 15.0 Å². The van der Waals surface area contributed by atoms with Gasteiger partial charge in [-0.05, 0) is 36.2 Å². The summed E-state index contributed by atoms with van der Waals surface area (Å²) in [6.45, 7) is 0.465. The molecule has 0 amide bonds. The standard InChI is InChI=1S/C18H15FN4O2/c19-14-4-2-1-3-12(14)5-9-21-18-22-10-7-15(23-18)16-11-13(17(24)25)6-8-20-16/h1-4,6-8,10-11H,5,9H2,(H,24,25)(H,21,22,23). The fourth-order valence-electron chi connectivity index (χ4n) is 2.30. The minimum atomic E-state index is -1.03. The normalized spacial score (nSPS) is 10.4. The van der Waals surface area contributed by atoms with E-state index in [-0.39, 0.29) is 11.4 Å². The van der Waals surface area contributed by atoms with E-state index in [2.05, 4.69) is 20.3 Å². The number of aromatic carboxylic acids is 1. The minimum absolute atomic E-state index is 0.137. The third-order valence-corrected chi connectivity index (χ3v) is 3.56. The molecule has 3 rings (SSSR count). The van der Waals surface area contributed by atoms with Crippen LogP contribution in [0.15, 0.2) is 54.9 Å². The molecule has 0 radical (unpaired) electrons. The van der Waals surface area contributed by atoms with Gasteiger partial charge in [-0.25, -0.2) is 19.2 Å². The molecular formula is C18H15FN4O2. The molecule has 25 heavy (non-hydrogen) atoms. The fourth-order valence-corrected chi connectivity index (χ4v) is 2.30. The second kappa shape index (κ2) is 7.48. The van der Waals surface area contributed by atoms with Crippen molar-refractivity contribution in [2.75, 3.05) is 11.9 Å². The molecule has 0 saturated heterocycles. The molecule has 0 aliphatic rings. The van der Waals surface area contributed by atoms with E-state index in [1.54, 1.807) is 30.5 Å². The van der Waals surface area contributed by atoms with Crippen molar-refractivity contribution < 1.29 is 14.3 Å². The molecule has 0 aliphatic carbocycles. The number of carboxylic acids is 1. The number of carbonyl (C=O) groups is 1. The third-order valence-electron chi connectivity index (χ3n) is 3.56. The summed E-state index contributed by atoms with van der Waals surface area (Å²) >= 11 is 0. The Bertz CT molecular complexity index is 902. The first-order valence-corrected chi connectivity index (χ1v) is 7.63. The summed E-state index contributed by atoms with van der Waals surface area (Å²) in [5.41, 5.74) is 1.70. The number of carboxylic acid groups (broad SMARTS) is 1. The lowest BCUT2D eigenvalue weighted by Crippen LogP contribution is -2.09. The van der Waals surface area contributed by atoms with Crippen molar-refractivity contribution in [3.8, 4) is 11.4 Å². The highest BCUT2D eigenvalue weighted by atomic mass is 19.1. The highest BCUT2D eigenvalue weighted by Crippen LogP contribution is 2.16. The summed E-state index contributed by atoms with van der Waals surface area (Å²) in [5.74, 6) is -0.897. The Labute approximate surface area is 143 Å². The molecule has 6 nitrogen and oxygen atoms in total. The van der Waals surface area contributed by atoms with E-state index in [0.29, 0.717) is 35.9 Å². The quantitative estimate of drug-likeness (QED) is 0.718. The van der Waals surface area contributed by atoms with Gasteiger partial charge in [-0.2, -0.15) is 0 Å². The van der Waals surface area contributed by atoms with Gasteiger partial charge in [0.2, 0.25) is 5.95 Å². The maximum Gasteiger partial charge on any atom is 0.335 e. The Balaban J connectivity index is 1.70. The van der Waals surface area contributed by atoms with Gasteiger partial charge in [0.1, 0.15) is 5.82 Å². The summed E-state index contributed by atoms with van der Waals surface area (Å²) in [5, 5.41) is 12.1. The number of benzene rings is 1. The second-order valence-corrected chi connectivity index (χ2v) is 5.27. The van der Waals surface area contributed by atoms with Crippen LogP contribution in [0.2, 0.25) is 0 Å². The lowest BCUT2D eigenvalue weighted by atomic mass is 10.1.